The quantitative estimate of drug-likeness (QED) is 0.747. The summed E-state index contributed by atoms with van der Waals surface area (Å²) in [6.07, 6.45) is 3.36. The lowest BCUT2D eigenvalue weighted by Gasteiger charge is -2.38. The summed E-state index contributed by atoms with van der Waals surface area (Å²) in [5.74, 6) is -0.409. The van der Waals surface area contributed by atoms with E-state index in [-0.39, 0.29) is 11.8 Å². The smallest absolute Gasteiger partial charge is 0.255 e. The van der Waals surface area contributed by atoms with Crippen molar-refractivity contribution in [1.29, 1.82) is 0 Å². The van der Waals surface area contributed by atoms with Gasteiger partial charge in [-0.1, -0.05) is 0 Å². The summed E-state index contributed by atoms with van der Waals surface area (Å²) >= 11 is 3.32. The number of likely N-dealkylation sites (tertiary alicyclic amines) is 1. The van der Waals surface area contributed by atoms with Crippen LogP contribution in [0.3, 0.4) is 0 Å². The van der Waals surface area contributed by atoms with Crippen molar-refractivity contribution in [2.45, 2.75) is 32.2 Å². The van der Waals surface area contributed by atoms with Crippen LogP contribution < -0.4 is 0 Å². The predicted octanol–water partition coefficient (Wildman–Crippen LogP) is 2.75. The van der Waals surface area contributed by atoms with Crippen molar-refractivity contribution < 1.29 is 14.0 Å². The van der Waals surface area contributed by atoms with Crippen molar-refractivity contribution in [3.63, 3.8) is 0 Å². The van der Waals surface area contributed by atoms with Crippen LogP contribution in [-0.4, -0.2) is 71.8 Å². The molecule has 2 aliphatic rings. The minimum absolute atomic E-state index is 0.174. The van der Waals surface area contributed by atoms with Crippen LogP contribution in [0.2, 0.25) is 0 Å². The average Bonchev–Trinajstić information content (AvgIpc) is 2.64. The van der Waals surface area contributed by atoms with E-state index in [4.69, 9.17) is 0 Å². The Labute approximate surface area is 162 Å². The van der Waals surface area contributed by atoms with Gasteiger partial charge in [-0.25, -0.2) is 4.39 Å². The van der Waals surface area contributed by atoms with Gasteiger partial charge in [-0.2, -0.15) is 0 Å². The van der Waals surface area contributed by atoms with E-state index in [1.54, 1.807) is 11.0 Å². The van der Waals surface area contributed by atoms with Crippen LogP contribution >= 0.6 is 15.9 Å². The SMILES string of the molecule is C[C@H]1CCCCN1C(=O)CN1CCN(C(=O)c2cc(F)ccc2Br)CC1. The molecule has 26 heavy (non-hydrogen) atoms. The standard InChI is InChI=1S/C19H25BrFN3O2/c1-14-4-2-3-7-24(14)18(25)13-22-8-10-23(11-9-22)19(26)16-12-15(21)5-6-17(16)20/h5-6,12,14H,2-4,7-11,13H2,1H3/t14-/m0/s1. The minimum Gasteiger partial charge on any atom is -0.339 e. The first-order valence-electron chi connectivity index (χ1n) is 9.22. The van der Waals surface area contributed by atoms with Crippen molar-refractivity contribution in [1.82, 2.24) is 14.7 Å². The predicted molar refractivity (Wildman–Crippen MR) is 101 cm³/mol. The molecule has 0 N–H and O–H groups in total. The molecule has 0 bridgehead atoms. The molecule has 1 aromatic carbocycles. The van der Waals surface area contributed by atoms with Crippen molar-refractivity contribution in [2.24, 2.45) is 0 Å². The summed E-state index contributed by atoms with van der Waals surface area (Å²) in [5.41, 5.74) is 0.344. The van der Waals surface area contributed by atoms with Gasteiger partial charge in [0.05, 0.1) is 12.1 Å². The summed E-state index contributed by atoms with van der Waals surface area (Å²) in [6, 6.07) is 4.47. The third kappa shape index (κ3) is 4.43. The van der Waals surface area contributed by atoms with Crippen molar-refractivity contribution >= 4 is 27.7 Å². The molecule has 0 spiro atoms. The highest BCUT2D eigenvalue weighted by atomic mass is 79.9. The van der Waals surface area contributed by atoms with Crippen LogP contribution in [0, 0.1) is 5.82 Å². The fourth-order valence-corrected chi connectivity index (χ4v) is 4.11. The number of halogens is 2. The van der Waals surface area contributed by atoms with Crippen molar-refractivity contribution in [2.75, 3.05) is 39.3 Å². The monoisotopic (exact) mass is 425 g/mol. The fraction of sp³-hybridized carbons (Fsp3) is 0.579. The molecule has 0 aliphatic carbocycles. The van der Waals surface area contributed by atoms with E-state index in [0.717, 1.165) is 19.4 Å². The Kier molecular flexibility index (Phi) is 6.29. The maximum absolute atomic E-state index is 13.4. The highest BCUT2D eigenvalue weighted by molar-refractivity contribution is 9.10. The molecule has 0 saturated carbocycles. The number of carbonyl (C=O) groups is 2. The van der Waals surface area contributed by atoms with Crippen LogP contribution in [-0.2, 0) is 4.79 Å². The third-order valence-electron chi connectivity index (χ3n) is 5.30. The second-order valence-corrected chi connectivity index (χ2v) is 7.98. The maximum Gasteiger partial charge on any atom is 0.255 e. The lowest BCUT2D eigenvalue weighted by Crippen LogP contribution is -2.53. The molecule has 2 heterocycles. The molecule has 0 unspecified atom stereocenters. The van der Waals surface area contributed by atoms with Crippen LogP contribution in [0.1, 0.15) is 36.5 Å². The largest absolute Gasteiger partial charge is 0.339 e. The number of amides is 2. The molecule has 2 amide bonds. The summed E-state index contributed by atoms with van der Waals surface area (Å²) < 4.78 is 14.0. The van der Waals surface area contributed by atoms with E-state index < -0.39 is 5.82 Å². The molecule has 2 saturated heterocycles. The lowest BCUT2D eigenvalue weighted by molar-refractivity contribution is -0.136. The molecule has 7 heteroatoms. The number of nitrogens with zero attached hydrogens (tertiary/aromatic N) is 3. The van der Waals surface area contributed by atoms with Gasteiger partial charge >= 0.3 is 0 Å². The highest BCUT2D eigenvalue weighted by Gasteiger charge is 2.28. The third-order valence-corrected chi connectivity index (χ3v) is 5.99. The second-order valence-electron chi connectivity index (χ2n) is 7.12. The number of benzene rings is 1. The Morgan fingerprint density at radius 3 is 2.58 bits per heavy atom. The molecule has 0 radical (unpaired) electrons. The van der Waals surface area contributed by atoms with Crippen LogP contribution in [0.4, 0.5) is 4.39 Å². The number of carbonyl (C=O) groups excluding carboxylic acids is 2. The Bertz CT molecular complexity index is 677. The van der Waals surface area contributed by atoms with Gasteiger partial charge in [0.25, 0.3) is 5.91 Å². The fourth-order valence-electron chi connectivity index (χ4n) is 3.69. The number of piperidine rings is 1. The highest BCUT2D eigenvalue weighted by Crippen LogP contribution is 2.21. The van der Waals surface area contributed by atoms with E-state index in [1.807, 2.05) is 4.90 Å². The van der Waals surface area contributed by atoms with Gasteiger partial charge in [-0.3, -0.25) is 14.5 Å². The van der Waals surface area contributed by atoms with E-state index >= 15 is 0 Å². The van der Waals surface area contributed by atoms with E-state index in [9.17, 15) is 14.0 Å². The van der Waals surface area contributed by atoms with Crippen LogP contribution in [0.25, 0.3) is 0 Å². The van der Waals surface area contributed by atoms with Crippen molar-refractivity contribution in [3.8, 4) is 0 Å². The topological polar surface area (TPSA) is 43.9 Å². The Balaban J connectivity index is 1.53. The zero-order valence-electron chi connectivity index (χ0n) is 15.1. The van der Waals surface area contributed by atoms with Gasteiger partial charge in [0, 0.05) is 43.2 Å². The van der Waals surface area contributed by atoms with Gasteiger partial charge in [0.1, 0.15) is 5.82 Å². The van der Waals surface area contributed by atoms with Gasteiger partial charge in [0.15, 0.2) is 0 Å². The number of hydrogen-bond acceptors (Lipinski definition) is 3. The molecular formula is C19H25BrFN3O2. The van der Waals surface area contributed by atoms with E-state index in [2.05, 4.69) is 27.8 Å². The molecule has 1 aromatic rings. The molecule has 2 fully saturated rings. The van der Waals surface area contributed by atoms with Crippen molar-refractivity contribution in [3.05, 3.63) is 34.1 Å². The zero-order chi connectivity index (χ0) is 18.7. The summed E-state index contributed by atoms with van der Waals surface area (Å²) in [7, 11) is 0. The summed E-state index contributed by atoms with van der Waals surface area (Å²) in [4.78, 5) is 31.0. The van der Waals surface area contributed by atoms with E-state index in [1.165, 1.54) is 18.6 Å². The minimum atomic E-state index is -0.420. The lowest BCUT2D eigenvalue weighted by atomic mass is 10.0. The van der Waals surface area contributed by atoms with Gasteiger partial charge in [-0.05, 0) is 60.3 Å². The Hall–Kier alpha value is -1.47. The number of piperazine rings is 1. The van der Waals surface area contributed by atoms with Gasteiger partial charge in [-0.15, -0.1) is 0 Å². The Morgan fingerprint density at radius 2 is 1.88 bits per heavy atom. The maximum atomic E-state index is 13.4. The van der Waals surface area contributed by atoms with Crippen LogP contribution in [0.15, 0.2) is 22.7 Å². The Morgan fingerprint density at radius 1 is 1.15 bits per heavy atom. The molecule has 5 nitrogen and oxygen atoms in total. The average molecular weight is 426 g/mol. The first-order chi connectivity index (χ1) is 12.5. The molecule has 2 aliphatic heterocycles. The molecule has 0 aromatic heterocycles. The number of hydrogen-bond donors (Lipinski definition) is 0. The van der Waals surface area contributed by atoms with Gasteiger partial charge in [0.2, 0.25) is 5.91 Å². The summed E-state index contributed by atoms with van der Waals surface area (Å²) in [5, 5.41) is 0. The molecule has 1 atom stereocenters. The van der Waals surface area contributed by atoms with Gasteiger partial charge < -0.3 is 9.80 Å². The molecular weight excluding hydrogens is 401 g/mol. The second kappa shape index (κ2) is 8.48. The summed E-state index contributed by atoms with van der Waals surface area (Å²) in [6.45, 7) is 5.79. The first kappa shape index (κ1) is 19.3. The normalized spacial score (nSPS) is 21.7. The molecule has 142 valence electrons. The van der Waals surface area contributed by atoms with Crippen LogP contribution in [0.5, 0.6) is 0 Å². The zero-order valence-corrected chi connectivity index (χ0v) is 16.7. The number of rotatable bonds is 3. The van der Waals surface area contributed by atoms with E-state index in [0.29, 0.717) is 48.8 Å². The first-order valence-corrected chi connectivity index (χ1v) is 10.0. The molecule has 3 rings (SSSR count).